The van der Waals surface area contributed by atoms with E-state index in [1.54, 1.807) is 6.07 Å². The fourth-order valence-corrected chi connectivity index (χ4v) is 2.23. The van der Waals surface area contributed by atoms with Crippen molar-refractivity contribution in [2.75, 3.05) is 12.4 Å². The normalized spacial score (nSPS) is 11.2. The predicted octanol–water partition coefficient (Wildman–Crippen LogP) is 3.91. The first-order chi connectivity index (χ1) is 9.16. The third kappa shape index (κ3) is 4.23. The SMILES string of the molecule is CC(C)OCCSc1nnc(-c2ccccc2Cl)o1. The highest BCUT2D eigenvalue weighted by Gasteiger charge is 2.11. The summed E-state index contributed by atoms with van der Waals surface area (Å²) in [5.41, 5.74) is 0.752. The van der Waals surface area contributed by atoms with Gasteiger partial charge in [-0.2, -0.15) is 0 Å². The summed E-state index contributed by atoms with van der Waals surface area (Å²) in [6, 6.07) is 7.40. The van der Waals surface area contributed by atoms with E-state index in [-0.39, 0.29) is 6.10 Å². The zero-order chi connectivity index (χ0) is 13.7. The molecule has 0 unspecified atom stereocenters. The minimum atomic E-state index is 0.238. The van der Waals surface area contributed by atoms with Gasteiger partial charge in [0.1, 0.15) is 0 Å². The van der Waals surface area contributed by atoms with Gasteiger partial charge in [0.25, 0.3) is 5.22 Å². The van der Waals surface area contributed by atoms with E-state index in [4.69, 9.17) is 20.8 Å². The fourth-order valence-electron chi connectivity index (χ4n) is 1.42. The largest absolute Gasteiger partial charge is 0.411 e. The van der Waals surface area contributed by atoms with Crippen molar-refractivity contribution in [1.82, 2.24) is 10.2 Å². The molecule has 6 heteroatoms. The highest BCUT2D eigenvalue weighted by molar-refractivity contribution is 7.99. The van der Waals surface area contributed by atoms with Crippen LogP contribution in [-0.2, 0) is 4.74 Å². The summed E-state index contributed by atoms with van der Waals surface area (Å²) in [4.78, 5) is 0. The average molecular weight is 299 g/mol. The van der Waals surface area contributed by atoms with Crippen molar-refractivity contribution in [3.05, 3.63) is 29.3 Å². The number of rotatable bonds is 6. The molecule has 0 fully saturated rings. The van der Waals surface area contributed by atoms with Gasteiger partial charge in [-0.1, -0.05) is 35.5 Å². The second kappa shape index (κ2) is 6.93. The highest BCUT2D eigenvalue weighted by Crippen LogP contribution is 2.28. The Labute approximate surface area is 121 Å². The molecule has 0 saturated carbocycles. The van der Waals surface area contributed by atoms with Crippen molar-refractivity contribution < 1.29 is 9.15 Å². The van der Waals surface area contributed by atoms with Gasteiger partial charge in [-0.05, 0) is 26.0 Å². The predicted molar refractivity (Wildman–Crippen MR) is 76.6 cm³/mol. The number of aromatic nitrogens is 2. The van der Waals surface area contributed by atoms with E-state index in [2.05, 4.69) is 10.2 Å². The van der Waals surface area contributed by atoms with Crippen LogP contribution in [0.5, 0.6) is 0 Å². The van der Waals surface area contributed by atoms with Crippen molar-refractivity contribution >= 4 is 23.4 Å². The zero-order valence-electron chi connectivity index (χ0n) is 10.8. The molecule has 102 valence electrons. The smallest absolute Gasteiger partial charge is 0.276 e. The van der Waals surface area contributed by atoms with Gasteiger partial charge in [0, 0.05) is 5.75 Å². The number of hydrogen-bond donors (Lipinski definition) is 0. The maximum absolute atomic E-state index is 6.08. The molecule has 0 aliphatic heterocycles. The molecule has 19 heavy (non-hydrogen) atoms. The van der Waals surface area contributed by atoms with Crippen LogP contribution in [0, 0.1) is 0 Å². The average Bonchev–Trinajstić information content (AvgIpc) is 2.83. The summed E-state index contributed by atoms with van der Waals surface area (Å²) in [7, 11) is 0. The summed E-state index contributed by atoms with van der Waals surface area (Å²) < 4.78 is 11.0. The Morgan fingerprint density at radius 2 is 2.11 bits per heavy atom. The molecule has 0 spiro atoms. The molecule has 0 N–H and O–H groups in total. The third-order valence-electron chi connectivity index (χ3n) is 2.27. The Morgan fingerprint density at radius 1 is 1.32 bits per heavy atom. The van der Waals surface area contributed by atoms with Crippen LogP contribution in [0.1, 0.15) is 13.8 Å². The van der Waals surface area contributed by atoms with Gasteiger partial charge in [-0.3, -0.25) is 0 Å². The van der Waals surface area contributed by atoms with Gasteiger partial charge in [-0.15, -0.1) is 10.2 Å². The number of benzene rings is 1. The lowest BCUT2D eigenvalue weighted by Gasteiger charge is -2.04. The van der Waals surface area contributed by atoms with Gasteiger partial charge in [-0.25, -0.2) is 0 Å². The molecule has 0 radical (unpaired) electrons. The quantitative estimate of drug-likeness (QED) is 0.598. The van der Waals surface area contributed by atoms with E-state index in [1.165, 1.54) is 11.8 Å². The van der Waals surface area contributed by atoms with Crippen LogP contribution in [-0.4, -0.2) is 28.7 Å². The van der Waals surface area contributed by atoms with Crippen molar-refractivity contribution in [3.63, 3.8) is 0 Å². The van der Waals surface area contributed by atoms with Gasteiger partial charge >= 0.3 is 0 Å². The Balaban J connectivity index is 1.94. The van der Waals surface area contributed by atoms with E-state index >= 15 is 0 Å². The second-order valence-corrected chi connectivity index (χ2v) is 5.57. The van der Waals surface area contributed by atoms with E-state index in [0.29, 0.717) is 22.7 Å². The molecule has 0 saturated heterocycles. The second-order valence-electron chi connectivity index (χ2n) is 4.12. The van der Waals surface area contributed by atoms with Gasteiger partial charge in [0.2, 0.25) is 5.89 Å². The Morgan fingerprint density at radius 3 is 2.84 bits per heavy atom. The summed E-state index contributed by atoms with van der Waals surface area (Å²) in [5.74, 6) is 1.22. The van der Waals surface area contributed by atoms with Crippen LogP contribution in [0.4, 0.5) is 0 Å². The Kier molecular flexibility index (Phi) is 5.24. The molecular weight excluding hydrogens is 284 g/mol. The molecule has 2 rings (SSSR count). The summed E-state index contributed by atoms with van der Waals surface area (Å²) >= 11 is 7.55. The molecule has 0 aliphatic carbocycles. The van der Waals surface area contributed by atoms with E-state index < -0.39 is 0 Å². The Hall–Kier alpha value is -1.04. The molecule has 1 heterocycles. The monoisotopic (exact) mass is 298 g/mol. The maximum Gasteiger partial charge on any atom is 0.276 e. The van der Waals surface area contributed by atoms with Crippen molar-refractivity contribution in [1.29, 1.82) is 0 Å². The zero-order valence-corrected chi connectivity index (χ0v) is 12.4. The number of hydrogen-bond acceptors (Lipinski definition) is 5. The number of halogens is 1. The lowest BCUT2D eigenvalue weighted by molar-refractivity contribution is 0.0919. The minimum absolute atomic E-state index is 0.238. The summed E-state index contributed by atoms with van der Waals surface area (Å²) in [6.07, 6.45) is 0.238. The van der Waals surface area contributed by atoms with Gasteiger partial charge in [0.05, 0.1) is 23.3 Å². The van der Waals surface area contributed by atoms with E-state index in [1.807, 2.05) is 32.0 Å². The van der Waals surface area contributed by atoms with Crippen LogP contribution >= 0.6 is 23.4 Å². The minimum Gasteiger partial charge on any atom is -0.411 e. The molecule has 4 nitrogen and oxygen atoms in total. The molecule has 0 aliphatic rings. The topological polar surface area (TPSA) is 48.2 Å². The van der Waals surface area contributed by atoms with Crippen LogP contribution in [0.2, 0.25) is 5.02 Å². The van der Waals surface area contributed by atoms with Gasteiger partial charge < -0.3 is 9.15 Å². The lowest BCUT2D eigenvalue weighted by atomic mass is 10.2. The first kappa shape index (κ1) is 14.4. The first-order valence-electron chi connectivity index (χ1n) is 5.99. The lowest BCUT2D eigenvalue weighted by Crippen LogP contribution is -2.05. The van der Waals surface area contributed by atoms with Crippen LogP contribution in [0.25, 0.3) is 11.5 Å². The fraction of sp³-hybridized carbons (Fsp3) is 0.385. The molecule has 1 aromatic heterocycles. The number of ether oxygens (including phenoxy) is 1. The first-order valence-corrected chi connectivity index (χ1v) is 7.36. The molecule has 2 aromatic rings. The number of thioether (sulfide) groups is 1. The molecule has 0 bridgehead atoms. The van der Waals surface area contributed by atoms with Crippen LogP contribution < -0.4 is 0 Å². The standard InChI is InChI=1S/C13H15ClN2O2S/c1-9(2)17-7-8-19-13-16-15-12(18-13)10-5-3-4-6-11(10)14/h3-6,9H,7-8H2,1-2H3. The van der Waals surface area contributed by atoms with E-state index in [9.17, 15) is 0 Å². The molecule has 0 amide bonds. The van der Waals surface area contributed by atoms with E-state index in [0.717, 1.165) is 11.3 Å². The van der Waals surface area contributed by atoms with Crippen LogP contribution in [0.15, 0.2) is 33.9 Å². The maximum atomic E-state index is 6.08. The molecular formula is C13H15ClN2O2S. The van der Waals surface area contributed by atoms with Gasteiger partial charge in [0.15, 0.2) is 0 Å². The van der Waals surface area contributed by atoms with Crippen molar-refractivity contribution in [3.8, 4) is 11.5 Å². The summed E-state index contributed by atoms with van der Waals surface area (Å²) in [6.45, 7) is 4.67. The highest BCUT2D eigenvalue weighted by atomic mass is 35.5. The van der Waals surface area contributed by atoms with Crippen molar-refractivity contribution in [2.45, 2.75) is 25.2 Å². The van der Waals surface area contributed by atoms with Crippen LogP contribution in [0.3, 0.4) is 0 Å². The molecule has 0 atom stereocenters. The summed E-state index contributed by atoms with van der Waals surface area (Å²) in [5, 5.41) is 9.11. The Bertz CT molecular complexity index is 531. The third-order valence-corrected chi connectivity index (χ3v) is 3.38. The van der Waals surface area contributed by atoms with Crippen molar-refractivity contribution in [2.24, 2.45) is 0 Å². The molecule has 1 aromatic carbocycles. The number of nitrogens with zero attached hydrogens (tertiary/aromatic N) is 2.